The van der Waals surface area contributed by atoms with Crippen LogP contribution in [-0.2, 0) is 0 Å². The Morgan fingerprint density at radius 3 is 2.67 bits per heavy atom. The van der Waals surface area contributed by atoms with Crippen LogP contribution in [-0.4, -0.2) is 28.8 Å². The Kier molecular flexibility index (Phi) is 3.14. The molecule has 1 saturated carbocycles. The fourth-order valence-corrected chi connectivity index (χ4v) is 1.47. The first kappa shape index (κ1) is 12.7. The lowest BCUT2D eigenvalue weighted by Crippen LogP contribution is -2.27. The number of carboxylic acid groups (broad SMARTS) is 1. The van der Waals surface area contributed by atoms with Crippen LogP contribution in [0.2, 0.25) is 0 Å². The van der Waals surface area contributed by atoms with Crippen molar-refractivity contribution in [2.45, 2.75) is 24.9 Å². The van der Waals surface area contributed by atoms with Crippen LogP contribution in [0, 0.1) is 0 Å². The number of hydrogen-bond acceptors (Lipinski definition) is 3. The molecule has 98 valence electrons. The summed E-state index contributed by atoms with van der Waals surface area (Å²) in [4.78, 5) is 14.6. The van der Waals surface area contributed by atoms with Gasteiger partial charge in [-0.3, -0.25) is 0 Å². The molecule has 1 fully saturated rings. The molecule has 1 heterocycles. The smallest absolute Gasteiger partial charge is 0.428 e. The SMILES string of the molecule is O=C(O)c1cc(OC(F)(F)CF)nc(C2CC2)c1. The fraction of sp³-hybridized carbons (Fsp3) is 0.455. The highest BCUT2D eigenvalue weighted by Gasteiger charge is 2.33. The average molecular weight is 261 g/mol. The predicted octanol–water partition coefficient (Wildman–Crippen LogP) is 2.60. The third-order valence-corrected chi connectivity index (χ3v) is 2.47. The summed E-state index contributed by atoms with van der Waals surface area (Å²) in [5, 5.41) is 8.85. The number of aromatic carboxylic acids is 1. The number of hydrogen-bond donors (Lipinski definition) is 1. The monoisotopic (exact) mass is 261 g/mol. The van der Waals surface area contributed by atoms with Gasteiger partial charge in [0, 0.05) is 17.7 Å². The maximum absolute atomic E-state index is 12.7. The highest BCUT2D eigenvalue weighted by molar-refractivity contribution is 5.88. The molecule has 0 aromatic carbocycles. The first-order chi connectivity index (χ1) is 8.41. The molecule has 0 unspecified atom stereocenters. The third-order valence-electron chi connectivity index (χ3n) is 2.47. The normalized spacial score (nSPS) is 15.5. The Morgan fingerprint density at radius 2 is 2.17 bits per heavy atom. The van der Waals surface area contributed by atoms with Gasteiger partial charge in [-0.2, -0.15) is 8.78 Å². The van der Waals surface area contributed by atoms with Crippen LogP contribution in [0.5, 0.6) is 5.88 Å². The predicted molar refractivity (Wildman–Crippen MR) is 54.7 cm³/mol. The van der Waals surface area contributed by atoms with Crippen molar-refractivity contribution in [1.29, 1.82) is 0 Å². The van der Waals surface area contributed by atoms with E-state index in [1.54, 1.807) is 0 Å². The first-order valence-corrected chi connectivity index (χ1v) is 5.29. The summed E-state index contributed by atoms with van der Waals surface area (Å²) in [7, 11) is 0. The molecule has 1 N–H and O–H groups in total. The van der Waals surface area contributed by atoms with Crippen LogP contribution in [0.15, 0.2) is 12.1 Å². The Labute approximate surface area is 100 Å². The second-order valence-electron chi connectivity index (χ2n) is 4.07. The Bertz CT molecular complexity index is 475. The topological polar surface area (TPSA) is 59.4 Å². The van der Waals surface area contributed by atoms with Crippen molar-refractivity contribution >= 4 is 5.97 Å². The number of pyridine rings is 1. The molecule has 7 heteroatoms. The maximum Gasteiger partial charge on any atom is 0.428 e. The van der Waals surface area contributed by atoms with Crippen molar-refractivity contribution in [2.75, 3.05) is 6.67 Å². The van der Waals surface area contributed by atoms with Crippen molar-refractivity contribution in [3.05, 3.63) is 23.4 Å². The molecule has 0 spiro atoms. The second kappa shape index (κ2) is 4.47. The zero-order chi connectivity index (χ0) is 13.3. The van der Waals surface area contributed by atoms with Gasteiger partial charge in [-0.1, -0.05) is 0 Å². The number of alkyl halides is 3. The van der Waals surface area contributed by atoms with E-state index < -0.39 is 24.6 Å². The molecule has 18 heavy (non-hydrogen) atoms. The molecular weight excluding hydrogens is 251 g/mol. The number of rotatable bonds is 5. The summed E-state index contributed by atoms with van der Waals surface area (Å²) in [6.45, 7) is -2.00. The molecule has 1 aromatic heterocycles. The Hall–Kier alpha value is -1.79. The molecule has 0 radical (unpaired) electrons. The van der Waals surface area contributed by atoms with E-state index in [-0.39, 0.29) is 11.5 Å². The fourth-order valence-electron chi connectivity index (χ4n) is 1.47. The number of aromatic nitrogens is 1. The van der Waals surface area contributed by atoms with E-state index in [0.29, 0.717) is 5.69 Å². The van der Waals surface area contributed by atoms with E-state index in [1.807, 2.05) is 0 Å². The Balaban J connectivity index is 2.31. The molecule has 1 aliphatic carbocycles. The largest absolute Gasteiger partial charge is 0.478 e. The third kappa shape index (κ3) is 2.91. The highest BCUT2D eigenvalue weighted by Crippen LogP contribution is 2.40. The lowest BCUT2D eigenvalue weighted by molar-refractivity contribution is -0.188. The quantitative estimate of drug-likeness (QED) is 0.885. The van der Waals surface area contributed by atoms with E-state index >= 15 is 0 Å². The van der Waals surface area contributed by atoms with E-state index in [4.69, 9.17) is 5.11 Å². The molecule has 0 saturated heterocycles. The van der Waals surface area contributed by atoms with Crippen LogP contribution in [0.3, 0.4) is 0 Å². The van der Waals surface area contributed by atoms with E-state index in [0.717, 1.165) is 18.9 Å². The molecule has 2 rings (SSSR count). The molecule has 4 nitrogen and oxygen atoms in total. The van der Waals surface area contributed by atoms with Crippen molar-refractivity contribution < 1.29 is 27.8 Å². The second-order valence-corrected chi connectivity index (χ2v) is 4.07. The van der Waals surface area contributed by atoms with Crippen LogP contribution in [0.25, 0.3) is 0 Å². The van der Waals surface area contributed by atoms with Crippen LogP contribution < -0.4 is 4.74 Å². The van der Waals surface area contributed by atoms with Gasteiger partial charge in [-0.15, -0.1) is 0 Å². The van der Waals surface area contributed by atoms with Gasteiger partial charge in [0.2, 0.25) is 5.88 Å². The highest BCUT2D eigenvalue weighted by atomic mass is 19.3. The summed E-state index contributed by atoms with van der Waals surface area (Å²) in [6.07, 6.45) is -2.34. The molecule has 0 amide bonds. The number of nitrogens with zero attached hydrogens (tertiary/aromatic N) is 1. The number of ether oxygens (including phenoxy) is 1. The average Bonchev–Trinajstić information content (AvgIpc) is 3.11. The molecule has 1 aliphatic rings. The number of carbonyl (C=O) groups is 1. The summed E-state index contributed by atoms with van der Waals surface area (Å²) < 4.78 is 41.5. The first-order valence-electron chi connectivity index (χ1n) is 5.29. The molecular formula is C11H10F3NO3. The summed E-state index contributed by atoms with van der Waals surface area (Å²) >= 11 is 0. The van der Waals surface area contributed by atoms with Gasteiger partial charge in [0.25, 0.3) is 0 Å². The zero-order valence-electron chi connectivity index (χ0n) is 9.20. The molecule has 0 aliphatic heterocycles. The number of halogens is 3. The van der Waals surface area contributed by atoms with Crippen LogP contribution >= 0.6 is 0 Å². The van der Waals surface area contributed by atoms with Gasteiger partial charge in [-0.25, -0.2) is 14.2 Å². The lowest BCUT2D eigenvalue weighted by atomic mass is 10.2. The minimum absolute atomic E-state index is 0.0747. The van der Waals surface area contributed by atoms with E-state index in [9.17, 15) is 18.0 Å². The molecule has 0 bridgehead atoms. The van der Waals surface area contributed by atoms with Crippen molar-refractivity contribution in [2.24, 2.45) is 0 Å². The molecule has 1 aromatic rings. The van der Waals surface area contributed by atoms with E-state index in [1.165, 1.54) is 6.07 Å². The van der Waals surface area contributed by atoms with Gasteiger partial charge in [0.05, 0.1) is 5.56 Å². The lowest BCUT2D eigenvalue weighted by Gasteiger charge is -2.14. The van der Waals surface area contributed by atoms with Crippen molar-refractivity contribution in [3.63, 3.8) is 0 Å². The van der Waals surface area contributed by atoms with Gasteiger partial charge in [0.15, 0.2) is 6.67 Å². The van der Waals surface area contributed by atoms with Gasteiger partial charge >= 0.3 is 12.1 Å². The minimum Gasteiger partial charge on any atom is -0.478 e. The van der Waals surface area contributed by atoms with Crippen LogP contribution in [0.1, 0.15) is 34.8 Å². The standard InChI is InChI=1S/C11H10F3NO3/c12-5-11(13,14)18-9-4-7(10(16)17)3-8(15-9)6-1-2-6/h3-4,6H,1-2,5H2,(H,16,17). The summed E-state index contributed by atoms with van der Waals surface area (Å²) in [6, 6.07) is 2.18. The molecule has 0 atom stereocenters. The van der Waals surface area contributed by atoms with E-state index in [2.05, 4.69) is 9.72 Å². The number of carboxylic acids is 1. The van der Waals surface area contributed by atoms with Crippen molar-refractivity contribution in [1.82, 2.24) is 4.98 Å². The minimum atomic E-state index is -4.00. The van der Waals surface area contributed by atoms with Gasteiger partial charge in [-0.05, 0) is 18.9 Å². The van der Waals surface area contributed by atoms with Gasteiger partial charge < -0.3 is 9.84 Å². The Morgan fingerprint density at radius 1 is 1.50 bits per heavy atom. The zero-order valence-corrected chi connectivity index (χ0v) is 9.20. The maximum atomic E-state index is 12.7. The summed E-state index contributed by atoms with van der Waals surface area (Å²) in [5.74, 6) is -1.77. The van der Waals surface area contributed by atoms with Crippen molar-refractivity contribution in [3.8, 4) is 5.88 Å². The van der Waals surface area contributed by atoms with Crippen LogP contribution in [0.4, 0.5) is 13.2 Å². The summed E-state index contributed by atoms with van der Waals surface area (Å²) in [5.41, 5.74) is 0.191. The van der Waals surface area contributed by atoms with Gasteiger partial charge in [0.1, 0.15) is 0 Å².